The van der Waals surface area contributed by atoms with Crippen molar-refractivity contribution >= 4 is 40.1 Å². The van der Waals surface area contributed by atoms with Crippen LogP contribution in [0.4, 0.5) is 5.69 Å². The zero-order chi connectivity index (χ0) is 32.9. The van der Waals surface area contributed by atoms with Crippen LogP contribution in [0.15, 0.2) is 41.2 Å². The van der Waals surface area contributed by atoms with Crippen LogP contribution >= 0.6 is 11.6 Å². The molecule has 1 aliphatic carbocycles. The van der Waals surface area contributed by atoms with Gasteiger partial charge in [-0.3, -0.25) is 14.2 Å². The van der Waals surface area contributed by atoms with Crippen LogP contribution in [-0.4, -0.2) is 69.4 Å². The van der Waals surface area contributed by atoms with Gasteiger partial charge in [0.1, 0.15) is 6.04 Å². The van der Waals surface area contributed by atoms with Crippen molar-refractivity contribution in [3.63, 3.8) is 0 Å². The van der Waals surface area contributed by atoms with E-state index in [4.69, 9.17) is 23.8 Å². The number of carbonyl (C=O) groups excluding carboxylic acids is 2. The molecule has 0 spiro atoms. The van der Waals surface area contributed by atoms with Gasteiger partial charge in [-0.2, -0.15) is 0 Å². The molecule has 0 bridgehead atoms. The quantitative estimate of drug-likeness (QED) is 0.214. The van der Waals surface area contributed by atoms with Crippen molar-refractivity contribution in [1.29, 1.82) is 0 Å². The molecule has 9 nitrogen and oxygen atoms in total. The summed E-state index contributed by atoms with van der Waals surface area (Å²) in [6, 6.07) is 11.3. The number of nitrogen functional groups attached to an aromatic ring is 1. The van der Waals surface area contributed by atoms with E-state index in [2.05, 4.69) is 21.1 Å². The molecule has 47 heavy (non-hydrogen) atoms. The summed E-state index contributed by atoms with van der Waals surface area (Å²) in [4.78, 5) is 47.5. The summed E-state index contributed by atoms with van der Waals surface area (Å²) in [5.74, 6) is 2.80. The van der Waals surface area contributed by atoms with Gasteiger partial charge in [0, 0.05) is 43.6 Å². The third-order valence-corrected chi connectivity index (χ3v) is 11.0. The van der Waals surface area contributed by atoms with Crippen molar-refractivity contribution in [3.8, 4) is 12.3 Å². The summed E-state index contributed by atoms with van der Waals surface area (Å²) in [6.45, 7) is 3.67. The maximum atomic E-state index is 14.0. The highest BCUT2D eigenvalue weighted by atomic mass is 35.5. The Labute approximate surface area is 282 Å². The molecule has 0 radical (unpaired) electrons. The summed E-state index contributed by atoms with van der Waals surface area (Å²) in [6.07, 6.45) is 16.5. The van der Waals surface area contributed by atoms with Gasteiger partial charge in [0.15, 0.2) is 0 Å². The standard InChI is InChI=1S/C37H47ClN6O3/c1-2-27-22-26(23-30(38)35(27)39)24-32(36(46)43-20-16-28(17-21-43)42-18-6-3-7-19-42)40-34(45)15-12-25-10-13-29(14-11-25)44-33-9-5-4-8-31(33)41-37(44)47/h1,4-5,8-9,22-23,25,28-29,32H,3,6-7,10-21,24,39H2,(H,40,45)(H,41,47)/t25?,29?,32-/m1/s1. The molecule has 6 rings (SSSR count). The van der Waals surface area contributed by atoms with Gasteiger partial charge < -0.3 is 25.8 Å². The predicted octanol–water partition coefficient (Wildman–Crippen LogP) is 5.26. The minimum absolute atomic E-state index is 0.0581. The number of anilines is 1. The molecule has 3 heterocycles. The Kier molecular flexibility index (Phi) is 10.6. The topological polar surface area (TPSA) is 116 Å². The summed E-state index contributed by atoms with van der Waals surface area (Å²) < 4.78 is 1.90. The van der Waals surface area contributed by atoms with Gasteiger partial charge in [-0.25, -0.2) is 4.79 Å². The van der Waals surface area contributed by atoms with Crippen molar-refractivity contribution in [2.24, 2.45) is 5.92 Å². The predicted molar refractivity (Wildman–Crippen MR) is 187 cm³/mol. The van der Waals surface area contributed by atoms with Crippen molar-refractivity contribution in [2.45, 2.75) is 95.2 Å². The van der Waals surface area contributed by atoms with Gasteiger partial charge in [-0.15, -0.1) is 6.42 Å². The monoisotopic (exact) mass is 658 g/mol. The number of terminal acetylenes is 1. The lowest BCUT2D eigenvalue weighted by Crippen LogP contribution is -2.54. The number of nitrogens with one attached hydrogen (secondary N) is 2. The van der Waals surface area contributed by atoms with Crippen LogP contribution in [0.2, 0.25) is 5.02 Å². The smallest absolute Gasteiger partial charge is 0.326 e. The van der Waals surface area contributed by atoms with Crippen LogP contribution in [0.25, 0.3) is 11.0 Å². The molecule has 1 saturated carbocycles. The first-order valence-corrected chi connectivity index (χ1v) is 17.7. The second-order valence-electron chi connectivity index (χ2n) is 13.7. The number of benzene rings is 2. The average Bonchev–Trinajstić information content (AvgIpc) is 3.44. The van der Waals surface area contributed by atoms with Crippen molar-refractivity contribution in [3.05, 3.63) is 63.0 Å². The van der Waals surface area contributed by atoms with Crippen LogP contribution in [0.5, 0.6) is 0 Å². The number of amides is 2. The molecule has 3 aliphatic rings. The van der Waals surface area contributed by atoms with Crippen LogP contribution in [-0.2, 0) is 16.0 Å². The van der Waals surface area contributed by atoms with Gasteiger partial charge >= 0.3 is 5.69 Å². The number of para-hydroxylation sites is 2. The summed E-state index contributed by atoms with van der Waals surface area (Å²) in [5, 5.41) is 3.44. The normalized spacial score (nSPS) is 21.7. The number of rotatable bonds is 9. The molecule has 2 aromatic carbocycles. The number of aromatic nitrogens is 2. The lowest BCUT2D eigenvalue weighted by Gasteiger charge is -2.41. The molecule has 2 aliphatic heterocycles. The van der Waals surface area contributed by atoms with Crippen molar-refractivity contribution < 1.29 is 9.59 Å². The Bertz CT molecular complexity index is 1670. The molecule has 1 aromatic heterocycles. The number of carbonyl (C=O) groups is 2. The van der Waals surface area contributed by atoms with E-state index in [1.54, 1.807) is 12.1 Å². The van der Waals surface area contributed by atoms with Crippen molar-refractivity contribution in [1.82, 2.24) is 24.7 Å². The van der Waals surface area contributed by atoms with Gasteiger partial charge in [0.05, 0.1) is 21.7 Å². The first-order chi connectivity index (χ1) is 22.8. The van der Waals surface area contributed by atoms with Gasteiger partial charge in [0.25, 0.3) is 0 Å². The zero-order valence-corrected chi connectivity index (χ0v) is 27.9. The van der Waals surface area contributed by atoms with E-state index in [0.29, 0.717) is 47.7 Å². The lowest BCUT2D eigenvalue weighted by molar-refractivity contribution is -0.138. The number of hydrogen-bond acceptors (Lipinski definition) is 5. The van der Waals surface area contributed by atoms with Crippen molar-refractivity contribution in [2.75, 3.05) is 31.9 Å². The molecule has 3 fully saturated rings. The lowest BCUT2D eigenvalue weighted by atomic mass is 9.83. The van der Waals surface area contributed by atoms with Gasteiger partial charge in [0.2, 0.25) is 11.8 Å². The molecule has 2 saturated heterocycles. The number of likely N-dealkylation sites (tertiary alicyclic amines) is 2. The molecular weight excluding hydrogens is 612 g/mol. The highest BCUT2D eigenvalue weighted by Gasteiger charge is 2.32. The number of hydrogen-bond donors (Lipinski definition) is 3. The second-order valence-corrected chi connectivity index (χ2v) is 14.1. The average molecular weight is 659 g/mol. The summed E-state index contributed by atoms with van der Waals surface area (Å²) in [5.41, 5.74) is 9.41. The van der Waals surface area contributed by atoms with Gasteiger partial charge in [-0.05, 0) is 107 Å². The van der Waals surface area contributed by atoms with E-state index in [9.17, 15) is 14.4 Å². The summed E-state index contributed by atoms with van der Waals surface area (Å²) >= 11 is 6.39. The Morgan fingerprint density at radius 3 is 2.45 bits per heavy atom. The van der Waals surface area contributed by atoms with E-state index < -0.39 is 6.04 Å². The van der Waals surface area contributed by atoms with Crippen LogP contribution in [0.1, 0.15) is 87.8 Å². The fourth-order valence-electron chi connectivity index (χ4n) is 8.03. The van der Waals surface area contributed by atoms with Gasteiger partial charge in [-0.1, -0.05) is 36.1 Å². The van der Waals surface area contributed by atoms with Crippen LogP contribution in [0, 0.1) is 18.3 Å². The number of fused-ring (bicyclic) bond motifs is 1. The number of nitrogens with zero attached hydrogens (tertiary/aromatic N) is 3. The van der Waals surface area contributed by atoms with E-state index in [-0.39, 0.29) is 30.0 Å². The van der Waals surface area contributed by atoms with E-state index in [0.717, 1.165) is 74.6 Å². The fraction of sp³-hybridized carbons (Fsp3) is 0.541. The molecule has 0 unspecified atom stereocenters. The zero-order valence-electron chi connectivity index (χ0n) is 27.2. The number of halogens is 1. The molecule has 3 aromatic rings. The third-order valence-electron chi connectivity index (χ3n) is 10.7. The number of aromatic amines is 1. The molecule has 10 heteroatoms. The largest absolute Gasteiger partial charge is 0.397 e. The summed E-state index contributed by atoms with van der Waals surface area (Å²) in [7, 11) is 0. The third kappa shape index (κ3) is 7.71. The Balaban J connectivity index is 1.07. The minimum Gasteiger partial charge on any atom is -0.397 e. The second kappa shape index (κ2) is 15.0. The van der Waals surface area contributed by atoms with Crippen LogP contribution in [0.3, 0.4) is 0 Å². The SMILES string of the molecule is C#Cc1cc(C[C@@H](NC(=O)CCC2CCC(n3c(=O)[nH]c4ccccc43)CC2)C(=O)N2CCC(N3CCCCC3)CC2)cc(Cl)c1N. The first kappa shape index (κ1) is 33.2. The highest BCUT2D eigenvalue weighted by molar-refractivity contribution is 6.33. The number of H-pyrrole nitrogens is 1. The molecule has 4 N–H and O–H groups in total. The number of piperidine rings is 2. The van der Waals surface area contributed by atoms with E-state index in [1.165, 1.54) is 19.3 Å². The molecular formula is C37H47ClN6O3. The minimum atomic E-state index is -0.719. The number of nitrogens with two attached hydrogens (primary N) is 1. The number of imidazole rings is 1. The van der Waals surface area contributed by atoms with Crippen LogP contribution < -0.4 is 16.7 Å². The molecule has 250 valence electrons. The first-order valence-electron chi connectivity index (χ1n) is 17.4. The fourth-order valence-corrected chi connectivity index (χ4v) is 8.27. The molecule has 1 atom stereocenters. The molecule has 2 amide bonds. The Morgan fingerprint density at radius 2 is 1.72 bits per heavy atom. The Morgan fingerprint density at radius 1 is 1.00 bits per heavy atom. The van der Waals surface area contributed by atoms with E-state index >= 15 is 0 Å². The maximum Gasteiger partial charge on any atom is 0.326 e. The Hall–Kier alpha value is -3.74. The maximum absolute atomic E-state index is 14.0. The van der Waals surface area contributed by atoms with E-state index in [1.807, 2.05) is 33.7 Å². The highest BCUT2D eigenvalue weighted by Crippen LogP contribution is 2.35.